The molecule has 0 radical (unpaired) electrons. The first-order valence-electron chi connectivity index (χ1n) is 47.4. The van der Waals surface area contributed by atoms with Gasteiger partial charge in [-0.3, -0.25) is 0 Å². The lowest BCUT2D eigenvalue weighted by Crippen LogP contribution is -2.06. The van der Waals surface area contributed by atoms with Crippen LogP contribution in [0.1, 0.15) is 11.1 Å². The summed E-state index contributed by atoms with van der Waals surface area (Å²) in [6, 6.07) is 153. The van der Waals surface area contributed by atoms with Gasteiger partial charge in [0, 0.05) is 105 Å². The fraction of sp³-hybridized carbons (Fsp3) is 0. The third kappa shape index (κ3) is 16.7. The van der Waals surface area contributed by atoms with Gasteiger partial charge in [0.1, 0.15) is 0 Å². The van der Waals surface area contributed by atoms with Crippen LogP contribution in [0.15, 0.2) is 449 Å². The molecule has 0 aliphatic carbocycles. The smallest absolute Gasteiger partial charge is 0.187 e. The van der Waals surface area contributed by atoms with Crippen molar-refractivity contribution in [2.24, 2.45) is 0 Å². The number of hydrogen-bond donors (Lipinski definition) is 0. The highest BCUT2D eigenvalue weighted by molar-refractivity contribution is 6.14. The summed E-state index contributed by atoms with van der Waals surface area (Å²) in [7, 11) is 0. The second-order valence-electron chi connectivity index (χ2n) is 35.1. The van der Waals surface area contributed by atoms with Gasteiger partial charge in [-0.2, -0.15) is 10.5 Å². The lowest BCUT2D eigenvalue weighted by atomic mass is 9.99. The van der Waals surface area contributed by atoms with Crippen molar-refractivity contribution < 1.29 is 0 Å². The van der Waals surface area contributed by atoms with Crippen LogP contribution in [-0.2, 0) is 0 Å². The van der Waals surface area contributed by atoms with Gasteiger partial charge in [0.25, 0.3) is 0 Å². The molecule has 0 saturated carbocycles. The molecule has 0 unspecified atom stereocenters. The third-order valence-corrected chi connectivity index (χ3v) is 26.1. The zero-order valence-corrected chi connectivity index (χ0v) is 77.7. The van der Waals surface area contributed by atoms with E-state index in [0.29, 0.717) is 132 Å². The highest BCUT2D eigenvalue weighted by Crippen LogP contribution is 2.46. The second kappa shape index (κ2) is 37.4. The number of aromatic nitrogens is 17. The number of rotatable bonds is 20. The Kier molecular flexibility index (Phi) is 22.2. The van der Waals surface area contributed by atoms with Crippen molar-refractivity contribution in [3.63, 3.8) is 0 Å². The molecule has 7 aromatic heterocycles. The van der Waals surface area contributed by atoms with Crippen molar-refractivity contribution in [3.05, 3.63) is 471 Å². The van der Waals surface area contributed by atoms with Gasteiger partial charge in [-0.25, -0.2) is 79.6 Å². The Morgan fingerprint density at radius 1 is 0.171 bits per heavy atom. The van der Waals surface area contributed by atoms with Crippen molar-refractivity contribution in [1.29, 1.82) is 10.5 Å². The zero-order chi connectivity index (χ0) is 97.5. The summed E-state index contributed by atoms with van der Waals surface area (Å²) in [5.74, 6) is 6.85. The van der Waals surface area contributed by atoms with Gasteiger partial charge < -0.3 is 9.13 Å². The molecule has 0 spiro atoms. The van der Waals surface area contributed by atoms with Crippen molar-refractivity contribution in [3.8, 4) is 228 Å². The van der Waals surface area contributed by atoms with Gasteiger partial charge in [0.2, 0.25) is 0 Å². The summed E-state index contributed by atoms with van der Waals surface area (Å²) in [5, 5.41) is 23.9. The molecule has 18 aromatic carbocycles. The van der Waals surface area contributed by atoms with Crippen molar-refractivity contribution >= 4 is 49.3 Å². The first-order chi connectivity index (χ1) is 72.1. The Balaban J connectivity index is 0.754. The van der Waals surface area contributed by atoms with E-state index >= 15 is 0 Å². The lowest BCUT2D eigenvalue weighted by Gasteiger charge is -2.18. The molecule has 0 bridgehead atoms. The summed E-state index contributed by atoms with van der Waals surface area (Å²) in [6.07, 6.45) is 0. The number of nitriles is 2. The van der Waals surface area contributed by atoms with Gasteiger partial charge in [-0.15, -0.1) is 0 Å². The standard InChI is InChI=1S/C126H74N20/c1-129-99-61-53-82(54-62-99)94-56-64-101(111(75-94)146-108-67-59-97(123-138-116(87-36-18-6-19-37-87)132-117(139-123)88-38-20-7-21-39-88)72-104(108)105-73-98(60-68-109(105)146)124-140-118(89-40-22-8-23-41-89)133-119(141-124)90-42-24-9-25-43-90)126-143-120(91-51-49-81(50-52-91)92-44-26-27-79(69-92)77-128)142-125(144-126)100-63-55-93(80-47-45-78(76-127)46-48-80)74-110(100)145-106-65-57-95(121-134-112(83-28-10-2-11-29-83)130-113(135-121)84-30-12-3-13-31-84)70-102(106)103-71-96(58-66-107(103)145)122-136-114(85-32-14-4-15-33-85)131-115(137-122)86-34-16-5-17-35-86/h2-75H. The van der Waals surface area contributed by atoms with Crippen LogP contribution in [0.4, 0.5) is 5.69 Å². The Bertz CT molecular complexity index is 8440. The minimum absolute atomic E-state index is 0.310. The van der Waals surface area contributed by atoms with Gasteiger partial charge >= 0.3 is 0 Å². The van der Waals surface area contributed by atoms with Crippen molar-refractivity contribution in [2.75, 3.05) is 0 Å². The molecule has 25 rings (SSSR count). The molecule has 146 heavy (non-hydrogen) atoms. The molecule has 20 heteroatoms. The lowest BCUT2D eigenvalue weighted by molar-refractivity contribution is 1.06. The number of nitrogens with zero attached hydrogens (tertiary/aromatic N) is 20. The molecule has 0 amide bonds. The fourth-order valence-corrected chi connectivity index (χ4v) is 18.8. The predicted molar refractivity (Wildman–Crippen MR) is 576 cm³/mol. The molecule has 0 aliphatic rings. The van der Waals surface area contributed by atoms with Crippen LogP contribution in [0.25, 0.3) is 264 Å². The molecule has 0 fully saturated rings. The highest BCUT2D eigenvalue weighted by Gasteiger charge is 2.29. The molecule has 20 nitrogen and oxygen atoms in total. The third-order valence-electron chi connectivity index (χ3n) is 26.1. The summed E-state index contributed by atoms with van der Waals surface area (Å²) in [5.41, 5.74) is 22.6. The Morgan fingerprint density at radius 2 is 0.377 bits per heavy atom. The average molecular weight is 1870 g/mol. The van der Waals surface area contributed by atoms with Crippen LogP contribution in [0.5, 0.6) is 0 Å². The zero-order valence-electron chi connectivity index (χ0n) is 77.7. The maximum absolute atomic E-state index is 10.3. The largest absolute Gasteiger partial charge is 0.308 e. The quantitative estimate of drug-likeness (QED) is 0.0643. The number of fused-ring (bicyclic) bond motifs is 6. The molecular weight excluding hydrogens is 1790 g/mol. The Hall–Kier alpha value is -20.9. The van der Waals surface area contributed by atoms with Crippen LogP contribution in [0.2, 0.25) is 0 Å². The monoisotopic (exact) mass is 1870 g/mol. The minimum atomic E-state index is 0.310. The number of benzene rings is 18. The summed E-state index contributed by atoms with van der Waals surface area (Å²) in [6.45, 7) is 8.11. The van der Waals surface area contributed by atoms with Crippen LogP contribution in [-0.4, -0.2) is 83.9 Å². The van der Waals surface area contributed by atoms with E-state index in [-0.39, 0.29) is 0 Å². The molecule has 0 saturated heterocycles. The first kappa shape index (κ1) is 86.6. The van der Waals surface area contributed by atoms with Gasteiger partial charge in [-0.1, -0.05) is 328 Å². The average Bonchev–Trinajstić information content (AvgIpc) is 1.57. The van der Waals surface area contributed by atoms with Gasteiger partial charge in [0.05, 0.1) is 63.3 Å². The van der Waals surface area contributed by atoms with Crippen molar-refractivity contribution in [2.45, 2.75) is 0 Å². The van der Waals surface area contributed by atoms with E-state index in [0.717, 1.165) is 144 Å². The van der Waals surface area contributed by atoms with E-state index in [2.05, 4.69) is 135 Å². The normalized spacial score (nSPS) is 11.3. The Morgan fingerprint density at radius 3 is 0.644 bits per heavy atom. The predicted octanol–water partition coefficient (Wildman–Crippen LogP) is 29.1. The van der Waals surface area contributed by atoms with E-state index < -0.39 is 0 Å². The summed E-state index contributed by atoms with van der Waals surface area (Å²) < 4.78 is 4.55. The van der Waals surface area contributed by atoms with Crippen LogP contribution < -0.4 is 0 Å². The van der Waals surface area contributed by atoms with E-state index in [1.165, 1.54) is 0 Å². The maximum Gasteiger partial charge on any atom is 0.187 e. The molecule has 0 N–H and O–H groups in total. The van der Waals surface area contributed by atoms with Crippen LogP contribution in [0, 0.1) is 29.2 Å². The van der Waals surface area contributed by atoms with E-state index in [1.54, 1.807) is 6.07 Å². The highest BCUT2D eigenvalue weighted by atomic mass is 15.1. The summed E-state index contributed by atoms with van der Waals surface area (Å²) in [4.78, 5) is 84.4. The van der Waals surface area contributed by atoms with Gasteiger partial charge in [0.15, 0.2) is 93.1 Å². The van der Waals surface area contributed by atoms with E-state index in [1.807, 2.05) is 334 Å². The van der Waals surface area contributed by atoms with Crippen molar-refractivity contribution in [1.82, 2.24) is 83.9 Å². The fourth-order valence-electron chi connectivity index (χ4n) is 18.8. The van der Waals surface area contributed by atoms with Gasteiger partial charge in [-0.05, 0) is 155 Å². The topological polar surface area (TPSA) is 255 Å². The Labute approximate surface area is 837 Å². The van der Waals surface area contributed by atoms with E-state index in [9.17, 15) is 10.5 Å². The maximum atomic E-state index is 10.3. The minimum Gasteiger partial charge on any atom is -0.308 e. The molecule has 25 aromatic rings. The van der Waals surface area contributed by atoms with Crippen LogP contribution >= 0.6 is 0 Å². The molecule has 7 heterocycles. The number of hydrogen-bond acceptors (Lipinski definition) is 17. The second-order valence-corrected chi connectivity index (χ2v) is 35.1. The van der Waals surface area contributed by atoms with Crippen LogP contribution in [0.3, 0.4) is 0 Å². The first-order valence-corrected chi connectivity index (χ1v) is 47.4. The molecule has 678 valence electrons. The molecule has 0 aliphatic heterocycles. The van der Waals surface area contributed by atoms with E-state index in [4.69, 9.17) is 81.3 Å². The molecular formula is C126H74N20. The SMILES string of the molecule is [C-]#[N+]c1ccc(-c2ccc(-c3nc(-c4ccc(-c5cccc(C#N)c5)cc4)nc(-c4ccc(-c5ccc(C#N)cc5)cc4-n4c5ccc(-c6nc(-c7ccccc7)nc(-c7ccccc7)n6)cc5c5cc(-c6nc(-c7ccccc7)nc(-c7ccccc7)n6)ccc54)n3)c(-n3c4ccc(-c5nc(-c6ccccc6)nc(-c6ccccc6)n5)cc4c4cc(-c5nc(-c6ccccc6)nc(-c6ccccc6)n5)ccc43)c2)cc1. The molecule has 0 atom stereocenters. The summed E-state index contributed by atoms with van der Waals surface area (Å²) >= 11 is 0.